The van der Waals surface area contributed by atoms with E-state index in [2.05, 4.69) is 4.57 Å². The number of nitrogens with one attached hydrogen (secondary N) is 1. The number of nitrogens with zero attached hydrogens (tertiary/aromatic N) is 1. The molecule has 1 amide bonds. The molecule has 7 heteroatoms. The minimum absolute atomic E-state index is 0.124. The molecule has 0 saturated heterocycles. The quantitative estimate of drug-likeness (QED) is 0.379. The molecular weight excluding hydrogens is 412 g/mol. The second-order valence-corrected chi connectivity index (χ2v) is 9.71. The number of benzene rings is 3. The molecule has 1 aliphatic rings. The Morgan fingerprint density at radius 3 is 2.42 bits per heavy atom. The molecule has 0 unspecified atom stereocenters. The molecule has 0 fully saturated rings. The standard InChI is InChI=1S/C24H20N2O4S/c27-24(25-28)18-8-6-16(7-9-18)15-26-21-11-10-19(17-4-2-1-3-5-17)14-20(21)23-22(26)12-13-31(23,29)30/h1-11,14,28H,12-13,15H2,(H,25,27). The van der Waals surface area contributed by atoms with Crippen LogP contribution in [0.2, 0.25) is 0 Å². The van der Waals surface area contributed by atoms with Gasteiger partial charge in [-0.3, -0.25) is 10.0 Å². The summed E-state index contributed by atoms with van der Waals surface area (Å²) in [6.45, 7) is 0.493. The molecule has 2 N–H and O–H groups in total. The number of aromatic nitrogens is 1. The van der Waals surface area contributed by atoms with Gasteiger partial charge in [0.1, 0.15) is 0 Å². The first kappa shape index (κ1) is 19.5. The van der Waals surface area contributed by atoms with Crippen LogP contribution in [0.4, 0.5) is 0 Å². The number of carbonyl (C=O) groups is 1. The fourth-order valence-electron chi connectivity index (χ4n) is 4.30. The highest BCUT2D eigenvalue weighted by Crippen LogP contribution is 2.38. The van der Waals surface area contributed by atoms with Gasteiger partial charge in [0.05, 0.1) is 10.6 Å². The maximum absolute atomic E-state index is 12.9. The number of carbonyl (C=O) groups excluding carboxylic acids is 1. The third kappa shape index (κ3) is 3.32. The first-order valence-electron chi connectivity index (χ1n) is 9.94. The van der Waals surface area contributed by atoms with Crippen LogP contribution in [0.5, 0.6) is 0 Å². The number of hydrogen-bond acceptors (Lipinski definition) is 4. The van der Waals surface area contributed by atoms with Crippen LogP contribution in [0, 0.1) is 0 Å². The van der Waals surface area contributed by atoms with Gasteiger partial charge in [0.15, 0.2) is 9.84 Å². The Hall–Kier alpha value is -3.42. The fourth-order valence-corrected chi connectivity index (χ4v) is 6.04. The maximum Gasteiger partial charge on any atom is 0.274 e. The second kappa shape index (κ2) is 7.37. The Labute approximate surface area is 179 Å². The Bertz CT molecular complexity index is 1410. The molecule has 1 aliphatic heterocycles. The van der Waals surface area contributed by atoms with Gasteiger partial charge in [-0.05, 0) is 41.0 Å². The third-order valence-corrected chi connectivity index (χ3v) is 7.62. The lowest BCUT2D eigenvalue weighted by molar-refractivity contribution is 0.0706. The molecule has 3 aromatic carbocycles. The van der Waals surface area contributed by atoms with E-state index in [0.717, 1.165) is 33.3 Å². The van der Waals surface area contributed by atoms with Gasteiger partial charge in [-0.1, -0.05) is 48.5 Å². The van der Waals surface area contributed by atoms with E-state index in [1.165, 1.54) is 0 Å². The minimum Gasteiger partial charge on any atom is -0.339 e. The van der Waals surface area contributed by atoms with E-state index in [0.29, 0.717) is 23.4 Å². The van der Waals surface area contributed by atoms with E-state index < -0.39 is 15.7 Å². The number of sulfone groups is 1. The number of hydroxylamine groups is 1. The Morgan fingerprint density at radius 1 is 0.968 bits per heavy atom. The first-order chi connectivity index (χ1) is 15.0. The van der Waals surface area contributed by atoms with Crippen molar-refractivity contribution in [2.75, 3.05) is 5.75 Å². The molecule has 5 rings (SSSR count). The van der Waals surface area contributed by atoms with Crippen LogP contribution < -0.4 is 5.48 Å². The van der Waals surface area contributed by atoms with E-state index in [1.807, 2.05) is 60.7 Å². The summed E-state index contributed by atoms with van der Waals surface area (Å²) in [5.41, 5.74) is 6.64. The summed E-state index contributed by atoms with van der Waals surface area (Å²) >= 11 is 0. The van der Waals surface area contributed by atoms with Gasteiger partial charge < -0.3 is 4.57 Å². The molecule has 6 nitrogen and oxygen atoms in total. The fraction of sp³-hybridized carbons (Fsp3) is 0.125. The van der Waals surface area contributed by atoms with Gasteiger partial charge in [-0.2, -0.15) is 0 Å². The van der Waals surface area contributed by atoms with E-state index >= 15 is 0 Å². The van der Waals surface area contributed by atoms with Crippen LogP contribution in [-0.2, 0) is 22.8 Å². The van der Waals surface area contributed by atoms with Crippen molar-refractivity contribution in [1.82, 2.24) is 10.0 Å². The van der Waals surface area contributed by atoms with Crippen LogP contribution in [0.25, 0.3) is 22.0 Å². The molecule has 4 aromatic rings. The molecule has 0 radical (unpaired) electrons. The van der Waals surface area contributed by atoms with Crippen molar-refractivity contribution in [3.63, 3.8) is 0 Å². The van der Waals surface area contributed by atoms with Crippen LogP contribution in [0.15, 0.2) is 77.7 Å². The Kier molecular flexibility index (Phi) is 4.64. The predicted molar refractivity (Wildman–Crippen MR) is 118 cm³/mol. The smallest absolute Gasteiger partial charge is 0.274 e. The molecule has 0 aliphatic carbocycles. The lowest BCUT2D eigenvalue weighted by Crippen LogP contribution is -2.18. The Morgan fingerprint density at radius 2 is 1.71 bits per heavy atom. The highest BCUT2D eigenvalue weighted by atomic mass is 32.2. The molecule has 0 atom stereocenters. The maximum atomic E-state index is 12.9. The van der Waals surface area contributed by atoms with Crippen molar-refractivity contribution in [2.24, 2.45) is 0 Å². The van der Waals surface area contributed by atoms with Crippen LogP contribution in [0.3, 0.4) is 0 Å². The zero-order valence-corrected chi connectivity index (χ0v) is 17.4. The average molecular weight is 433 g/mol. The van der Waals surface area contributed by atoms with Crippen molar-refractivity contribution in [3.8, 4) is 11.1 Å². The van der Waals surface area contributed by atoms with Gasteiger partial charge in [0, 0.05) is 35.1 Å². The largest absolute Gasteiger partial charge is 0.339 e. The molecule has 0 spiro atoms. The van der Waals surface area contributed by atoms with Crippen LogP contribution in [-0.4, -0.2) is 29.9 Å². The number of fused-ring (bicyclic) bond motifs is 3. The van der Waals surface area contributed by atoms with Crippen molar-refractivity contribution < 1.29 is 18.4 Å². The van der Waals surface area contributed by atoms with Crippen molar-refractivity contribution >= 4 is 26.6 Å². The summed E-state index contributed by atoms with van der Waals surface area (Å²) in [6, 6.07) is 22.8. The van der Waals surface area contributed by atoms with Crippen LogP contribution in [0.1, 0.15) is 21.6 Å². The van der Waals surface area contributed by atoms with Crippen molar-refractivity contribution in [2.45, 2.75) is 17.9 Å². The van der Waals surface area contributed by atoms with E-state index in [1.54, 1.807) is 17.6 Å². The SMILES string of the molecule is O=C(NO)c1ccc(Cn2c3c(c4cc(-c5ccccc5)ccc42)S(=O)(=O)CC3)cc1. The summed E-state index contributed by atoms with van der Waals surface area (Å²) < 4.78 is 27.8. The first-order valence-corrected chi connectivity index (χ1v) is 11.6. The van der Waals surface area contributed by atoms with Gasteiger partial charge in [0.2, 0.25) is 0 Å². The van der Waals surface area contributed by atoms with Crippen LogP contribution >= 0.6 is 0 Å². The zero-order chi connectivity index (χ0) is 21.6. The summed E-state index contributed by atoms with van der Waals surface area (Å²) in [5, 5.41) is 9.54. The second-order valence-electron chi connectivity index (χ2n) is 7.67. The molecule has 2 heterocycles. The summed E-state index contributed by atoms with van der Waals surface area (Å²) in [7, 11) is -3.33. The highest BCUT2D eigenvalue weighted by molar-refractivity contribution is 7.92. The Balaban J connectivity index is 1.63. The minimum atomic E-state index is -3.33. The molecule has 0 bridgehead atoms. The van der Waals surface area contributed by atoms with E-state index in [-0.39, 0.29) is 5.75 Å². The highest BCUT2D eigenvalue weighted by Gasteiger charge is 2.33. The molecule has 1 aromatic heterocycles. The number of amides is 1. The number of hydrogen-bond donors (Lipinski definition) is 2. The van der Waals surface area contributed by atoms with Crippen molar-refractivity contribution in [3.05, 3.63) is 89.6 Å². The average Bonchev–Trinajstić information content (AvgIpc) is 3.29. The summed E-state index contributed by atoms with van der Waals surface area (Å²) in [4.78, 5) is 12.0. The van der Waals surface area contributed by atoms with Crippen molar-refractivity contribution in [1.29, 1.82) is 0 Å². The third-order valence-electron chi connectivity index (χ3n) is 5.80. The van der Waals surface area contributed by atoms with E-state index in [4.69, 9.17) is 5.21 Å². The van der Waals surface area contributed by atoms with Gasteiger partial charge in [-0.15, -0.1) is 0 Å². The molecular formula is C24H20N2O4S. The molecule has 0 saturated carbocycles. The zero-order valence-electron chi connectivity index (χ0n) is 16.6. The lowest BCUT2D eigenvalue weighted by atomic mass is 10.0. The monoisotopic (exact) mass is 432 g/mol. The predicted octanol–water partition coefficient (Wildman–Crippen LogP) is 3.81. The van der Waals surface area contributed by atoms with Gasteiger partial charge in [-0.25, -0.2) is 13.9 Å². The van der Waals surface area contributed by atoms with Gasteiger partial charge >= 0.3 is 0 Å². The summed E-state index contributed by atoms with van der Waals surface area (Å²) in [6.07, 6.45) is 0.484. The lowest BCUT2D eigenvalue weighted by Gasteiger charge is -2.11. The van der Waals surface area contributed by atoms with Gasteiger partial charge in [0.25, 0.3) is 5.91 Å². The van der Waals surface area contributed by atoms with E-state index in [9.17, 15) is 13.2 Å². The number of rotatable bonds is 4. The molecule has 156 valence electrons. The normalized spacial score (nSPS) is 14.5. The molecule has 31 heavy (non-hydrogen) atoms. The summed E-state index contributed by atoms with van der Waals surface area (Å²) in [5.74, 6) is -0.447. The topological polar surface area (TPSA) is 88.4 Å².